The van der Waals surface area contributed by atoms with Gasteiger partial charge in [0.2, 0.25) is 0 Å². The number of benzene rings is 8. The van der Waals surface area contributed by atoms with Crippen molar-refractivity contribution < 1.29 is 4.42 Å². The Morgan fingerprint density at radius 3 is 1.78 bits per heavy atom. The van der Waals surface area contributed by atoms with Gasteiger partial charge in [0.15, 0.2) is 17.5 Å². The molecule has 0 aliphatic heterocycles. The summed E-state index contributed by atoms with van der Waals surface area (Å²) < 4.78 is 8.98. The Hall–Kier alpha value is -7.63. The number of para-hydroxylation sites is 1. The van der Waals surface area contributed by atoms with Gasteiger partial charge in [0.05, 0.1) is 22.1 Å². The third-order valence-electron chi connectivity index (χ3n) is 12.3. The molecular weight excluding hydrogens is 721 g/mol. The van der Waals surface area contributed by atoms with Crippen LogP contribution in [-0.4, -0.2) is 19.5 Å². The first kappa shape index (κ1) is 33.5. The van der Waals surface area contributed by atoms with E-state index in [0.29, 0.717) is 17.5 Å². The number of hydrogen-bond donors (Lipinski definition) is 0. The van der Waals surface area contributed by atoms with Crippen molar-refractivity contribution in [2.45, 2.75) is 19.3 Å². The molecule has 12 rings (SSSR count). The molecule has 5 heteroatoms. The third-order valence-corrected chi connectivity index (χ3v) is 12.3. The Labute approximate surface area is 340 Å². The molecule has 0 saturated heterocycles. The predicted molar refractivity (Wildman–Crippen MR) is 241 cm³/mol. The monoisotopic (exact) mass is 756 g/mol. The van der Waals surface area contributed by atoms with E-state index in [1.165, 1.54) is 27.6 Å². The zero-order valence-corrected chi connectivity index (χ0v) is 32.5. The van der Waals surface area contributed by atoms with Crippen LogP contribution in [-0.2, 0) is 5.41 Å². The molecule has 5 nitrogen and oxygen atoms in total. The molecular formula is C54H36N4O. The van der Waals surface area contributed by atoms with Crippen LogP contribution in [0.2, 0.25) is 0 Å². The van der Waals surface area contributed by atoms with Crippen molar-refractivity contribution in [1.29, 1.82) is 0 Å². The highest BCUT2D eigenvalue weighted by Gasteiger charge is 2.35. The Morgan fingerprint density at radius 2 is 0.983 bits per heavy atom. The topological polar surface area (TPSA) is 56.7 Å². The average molecular weight is 757 g/mol. The van der Waals surface area contributed by atoms with Gasteiger partial charge in [-0.3, -0.25) is 0 Å². The van der Waals surface area contributed by atoms with Crippen LogP contribution in [0.3, 0.4) is 0 Å². The molecule has 0 atom stereocenters. The standard InChI is InChI=1S/C54H36N4O/c1-54(2)42-22-11-9-19-38(42)39-29-27-35(31-43(39)54)52-55-51(34-17-7-4-8-18-34)56-53(57-52)36-28-30-41-40-20-10-12-23-44(40)58(46(41)32-36)45-24-14-26-48-50(45)49-37(21-13-25-47(49)59-48)33-15-5-3-6-16-33/h3-32H,1-2H3. The van der Waals surface area contributed by atoms with E-state index >= 15 is 0 Å². The van der Waals surface area contributed by atoms with Crippen molar-refractivity contribution >= 4 is 43.7 Å². The van der Waals surface area contributed by atoms with E-state index < -0.39 is 0 Å². The van der Waals surface area contributed by atoms with Crippen molar-refractivity contribution in [1.82, 2.24) is 19.5 Å². The number of nitrogens with zero attached hydrogens (tertiary/aromatic N) is 4. The SMILES string of the molecule is CC1(C)c2ccccc2-c2ccc(-c3nc(-c4ccccc4)nc(-c4ccc5c6ccccc6n(-c6cccc7oc8cccc(-c9ccccc9)c8c67)c5c4)n3)cc21. The summed E-state index contributed by atoms with van der Waals surface area (Å²) in [5.74, 6) is 1.90. The van der Waals surface area contributed by atoms with E-state index in [-0.39, 0.29) is 5.41 Å². The van der Waals surface area contributed by atoms with Crippen molar-refractivity contribution in [3.8, 4) is 62.1 Å². The predicted octanol–water partition coefficient (Wildman–Crippen LogP) is 13.8. The summed E-state index contributed by atoms with van der Waals surface area (Å²) in [5, 5.41) is 4.49. The van der Waals surface area contributed by atoms with Gasteiger partial charge in [-0.15, -0.1) is 0 Å². The van der Waals surface area contributed by atoms with Gasteiger partial charge < -0.3 is 8.98 Å². The summed E-state index contributed by atoms with van der Waals surface area (Å²) in [7, 11) is 0. The van der Waals surface area contributed by atoms with Gasteiger partial charge in [-0.25, -0.2) is 15.0 Å². The summed E-state index contributed by atoms with van der Waals surface area (Å²) in [6.45, 7) is 4.61. The molecule has 3 aromatic heterocycles. The second-order valence-corrected chi connectivity index (χ2v) is 16.0. The fraction of sp³-hybridized carbons (Fsp3) is 0.0556. The maximum Gasteiger partial charge on any atom is 0.164 e. The van der Waals surface area contributed by atoms with Gasteiger partial charge in [0.1, 0.15) is 11.2 Å². The summed E-state index contributed by atoms with van der Waals surface area (Å²) in [6, 6.07) is 64.1. The normalized spacial score (nSPS) is 13.1. The van der Waals surface area contributed by atoms with E-state index in [2.05, 4.69) is 182 Å². The number of aromatic nitrogens is 4. The number of hydrogen-bond acceptors (Lipinski definition) is 4. The van der Waals surface area contributed by atoms with E-state index in [1.54, 1.807) is 0 Å². The molecule has 8 aromatic carbocycles. The van der Waals surface area contributed by atoms with Crippen LogP contribution in [0.5, 0.6) is 0 Å². The van der Waals surface area contributed by atoms with Crippen LogP contribution in [0.15, 0.2) is 186 Å². The van der Waals surface area contributed by atoms with Gasteiger partial charge in [-0.2, -0.15) is 0 Å². The van der Waals surface area contributed by atoms with Gasteiger partial charge in [0, 0.05) is 38.3 Å². The van der Waals surface area contributed by atoms with Gasteiger partial charge in [-0.05, 0) is 69.8 Å². The zero-order chi connectivity index (χ0) is 39.2. The highest BCUT2D eigenvalue weighted by atomic mass is 16.3. The molecule has 278 valence electrons. The molecule has 11 aromatic rings. The van der Waals surface area contributed by atoms with Crippen molar-refractivity contribution in [3.63, 3.8) is 0 Å². The Morgan fingerprint density at radius 1 is 0.407 bits per heavy atom. The van der Waals surface area contributed by atoms with Crippen molar-refractivity contribution in [3.05, 3.63) is 193 Å². The summed E-state index contributed by atoms with van der Waals surface area (Å²) in [6.07, 6.45) is 0. The molecule has 1 aliphatic carbocycles. The first-order valence-electron chi connectivity index (χ1n) is 20.1. The van der Waals surface area contributed by atoms with E-state index in [0.717, 1.165) is 71.9 Å². The Kier molecular flexibility index (Phi) is 7.20. The Balaban J connectivity index is 1.09. The van der Waals surface area contributed by atoms with E-state index in [9.17, 15) is 0 Å². The van der Waals surface area contributed by atoms with Crippen LogP contribution in [0.4, 0.5) is 0 Å². The molecule has 1 aliphatic rings. The minimum Gasteiger partial charge on any atom is -0.456 e. The first-order valence-corrected chi connectivity index (χ1v) is 20.1. The first-order chi connectivity index (χ1) is 29.0. The quantitative estimate of drug-likeness (QED) is 0.175. The largest absolute Gasteiger partial charge is 0.456 e. The lowest BCUT2D eigenvalue weighted by molar-refractivity contribution is 0.660. The van der Waals surface area contributed by atoms with Crippen LogP contribution in [0, 0.1) is 0 Å². The molecule has 0 spiro atoms. The lowest BCUT2D eigenvalue weighted by Gasteiger charge is -2.21. The lowest BCUT2D eigenvalue weighted by atomic mass is 9.82. The number of furan rings is 1. The number of rotatable bonds is 5. The molecule has 0 fully saturated rings. The molecule has 0 N–H and O–H groups in total. The van der Waals surface area contributed by atoms with Crippen molar-refractivity contribution in [2.75, 3.05) is 0 Å². The van der Waals surface area contributed by atoms with Gasteiger partial charge >= 0.3 is 0 Å². The van der Waals surface area contributed by atoms with Crippen LogP contribution in [0.25, 0.3) is 106 Å². The van der Waals surface area contributed by atoms with Gasteiger partial charge in [-0.1, -0.05) is 159 Å². The molecule has 59 heavy (non-hydrogen) atoms. The smallest absolute Gasteiger partial charge is 0.164 e. The average Bonchev–Trinajstić information content (AvgIpc) is 3.92. The lowest BCUT2D eigenvalue weighted by Crippen LogP contribution is -2.15. The zero-order valence-electron chi connectivity index (χ0n) is 32.5. The highest BCUT2D eigenvalue weighted by molar-refractivity contribution is 6.18. The second kappa shape index (κ2) is 12.7. The maximum absolute atomic E-state index is 6.60. The molecule has 0 unspecified atom stereocenters. The minimum atomic E-state index is -0.149. The second-order valence-electron chi connectivity index (χ2n) is 16.0. The maximum atomic E-state index is 6.60. The summed E-state index contributed by atoms with van der Waals surface area (Å²) in [4.78, 5) is 15.6. The third kappa shape index (κ3) is 5.08. The van der Waals surface area contributed by atoms with E-state index in [4.69, 9.17) is 19.4 Å². The highest BCUT2D eigenvalue weighted by Crippen LogP contribution is 2.49. The molecule has 0 amide bonds. The van der Waals surface area contributed by atoms with Crippen molar-refractivity contribution in [2.24, 2.45) is 0 Å². The minimum absolute atomic E-state index is 0.149. The summed E-state index contributed by atoms with van der Waals surface area (Å²) >= 11 is 0. The van der Waals surface area contributed by atoms with Crippen LogP contribution >= 0.6 is 0 Å². The van der Waals surface area contributed by atoms with Crippen LogP contribution in [0.1, 0.15) is 25.0 Å². The van der Waals surface area contributed by atoms with Gasteiger partial charge in [0.25, 0.3) is 0 Å². The molecule has 0 radical (unpaired) electrons. The van der Waals surface area contributed by atoms with E-state index in [1.807, 2.05) is 18.2 Å². The molecule has 3 heterocycles. The molecule has 0 saturated carbocycles. The summed E-state index contributed by atoms with van der Waals surface area (Å²) in [5.41, 5.74) is 15.1. The molecule has 0 bridgehead atoms. The fourth-order valence-corrected chi connectivity index (χ4v) is 9.46. The number of fused-ring (bicyclic) bond motifs is 9. The Bertz CT molecular complexity index is 3470. The van der Waals surface area contributed by atoms with Crippen LogP contribution < -0.4 is 0 Å². The fourth-order valence-electron chi connectivity index (χ4n) is 9.46.